The van der Waals surface area contributed by atoms with Crippen LogP contribution in [0.25, 0.3) is 0 Å². The van der Waals surface area contributed by atoms with Crippen molar-refractivity contribution < 1.29 is 38.5 Å². The Kier molecular flexibility index (Phi) is 11.0. The van der Waals surface area contributed by atoms with E-state index in [9.17, 15) is 19.5 Å². The van der Waals surface area contributed by atoms with Crippen LogP contribution in [0.4, 0.5) is 17.1 Å². The van der Waals surface area contributed by atoms with E-state index in [2.05, 4.69) is 32.2 Å². The fraction of sp³-hybridized carbons (Fsp3) is 0.488. The molecule has 0 saturated carbocycles. The predicted octanol–water partition coefficient (Wildman–Crippen LogP) is 5.59. The Morgan fingerprint density at radius 1 is 0.982 bits per heavy atom. The van der Waals surface area contributed by atoms with Crippen LogP contribution < -0.4 is 19.7 Å². The molecule has 0 aliphatic carbocycles. The number of likely N-dealkylation sites (tertiary alicyclic amines) is 1. The number of benzene rings is 3. The van der Waals surface area contributed by atoms with Gasteiger partial charge in [-0.05, 0) is 79.6 Å². The van der Waals surface area contributed by atoms with Crippen molar-refractivity contribution in [3.8, 4) is 5.75 Å². The number of hydrogen-bond donors (Lipinski definition) is 1. The van der Waals surface area contributed by atoms with E-state index < -0.39 is 19.8 Å². The lowest BCUT2D eigenvalue weighted by atomic mass is 9.82. The number of esters is 1. The minimum atomic E-state index is -2.55. The Bertz CT molecular complexity index is 1950. The number of rotatable bonds is 12. The van der Waals surface area contributed by atoms with E-state index in [4.69, 9.17) is 14.2 Å². The smallest absolute Gasteiger partial charge is 0.305 e. The zero-order valence-electron chi connectivity index (χ0n) is 32.6. The first kappa shape index (κ1) is 38.7. The number of aliphatic hydroxyl groups excluding tert-OH is 1. The lowest BCUT2D eigenvalue weighted by molar-refractivity contribution is -0.150. The normalized spacial score (nSPS) is 24.7. The minimum Gasteiger partial charge on any atom is -0.497 e. The number of hydrogen-bond acceptors (Lipinski definition) is 8. The summed E-state index contributed by atoms with van der Waals surface area (Å²) in [4.78, 5) is 60.5. The third kappa shape index (κ3) is 6.76. The number of aryl methyl sites for hydroxylation is 1. The van der Waals surface area contributed by atoms with Crippen LogP contribution in [0, 0.1) is 5.92 Å². The quantitative estimate of drug-likeness (QED) is 0.144. The third-order valence-electron chi connectivity index (χ3n) is 12.7. The molecule has 3 aromatic rings. The highest BCUT2D eigenvalue weighted by Crippen LogP contribution is 2.60. The number of nitrogens with zero attached hydrogens (tertiary/aromatic N) is 3. The minimum absolute atomic E-state index is 0.0180. The molecule has 4 heterocycles. The second-order valence-corrected chi connectivity index (χ2v) is 20.7. The Morgan fingerprint density at radius 3 is 2.47 bits per heavy atom. The van der Waals surface area contributed by atoms with Gasteiger partial charge in [0.15, 0.2) is 5.60 Å². The van der Waals surface area contributed by atoms with Crippen molar-refractivity contribution in [1.82, 2.24) is 4.90 Å². The van der Waals surface area contributed by atoms with E-state index in [0.717, 1.165) is 35.0 Å². The first-order chi connectivity index (χ1) is 26.5. The van der Waals surface area contributed by atoms with Crippen LogP contribution in [0.1, 0.15) is 63.0 Å². The average molecular weight is 768 g/mol. The van der Waals surface area contributed by atoms with E-state index >= 15 is 4.79 Å². The Labute approximate surface area is 324 Å². The molecule has 3 amide bonds. The van der Waals surface area contributed by atoms with E-state index in [1.165, 1.54) is 7.11 Å². The number of anilines is 3. The van der Waals surface area contributed by atoms with E-state index in [-0.39, 0.29) is 60.6 Å². The number of carbonyl (C=O) groups excluding carboxylic acids is 4. The second kappa shape index (κ2) is 15.5. The zero-order valence-corrected chi connectivity index (χ0v) is 33.6. The maximum Gasteiger partial charge on any atom is 0.305 e. The van der Waals surface area contributed by atoms with Crippen LogP contribution in [0.2, 0.25) is 18.6 Å². The van der Waals surface area contributed by atoms with Crippen molar-refractivity contribution >= 4 is 54.0 Å². The molecule has 1 N–H and O–H groups in total. The number of methoxy groups -OCH3 is 2. The summed E-state index contributed by atoms with van der Waals surface area (Å²) in [5, 5.41) is 11.3. The van der Waals surface area contributed by atoms with Crippen LogP contribution in [-0.4, -0.2) is 87.8 Å². The molecule has 11 nitrogen and oxygen atoms in total. The SMILES string of the molecule is COC(=O)CCCCN1C(=O)[C@@]2(O[C@@H](CC(=O)N3CCC[C@H]3CO)[C@H]([Si](C)(C)c3ccc(OC)cc3)[C@H]2C)c2cc(N3C(=O)CCc4ccccc43)ccc21. The Balaban J connectivity index is 1.34. The summed E-state index contributed by atoms with van der Waals surface area (Å²) in [5.74, 6) is -0.186. The molecule has 4 aliphatic heterocycles. The van der Waals surface area contributed by atoms with Crippen molar-refractivity contribution in [2.45, 2.75) is 94.7 Å². The molecule has 7 rings (SSSR count). The van der Waals surface area contributed by atoms with Gasteiger partial charge in [-0.2, -0.15) is 0 Å². The van der Waals surface area contributed by atoms with Gasteiger partial charge in [-0.15, -0.1) is 0 Å². The highest BCUT2D eigenvalue weighted by Gasteiger charge is 2.66. The van der Waals surface area contributed by atoms with E-state index in [1.807, 2.05) is 54.6 Å². The number of carbonyl (C=O) groups is 4. The molecule has 2 saturated heterocycles. The van der Waals surface area contributed by atoms with Crippen LogP contribution in [0.5, 0.6) is 5.75 Å². The summed E-state index contributed by atoms with van der Waals surface area (Å²) in [7, 11) is 0.467. The fourth-order valence-corrected chi connectivity index (χ4v) is 13.9. The van der Waals surface area contributed by atoms with Gasteiger partial charge in [0.1, 0.15) is 5.75 Å². The maximum absolute atomic E-state index is 15.3. The van der Waals surface area contributed by atoms with Crippen LogP contribution in [0.3, 0.4) is 0 Å². The predicted molar refractivity (Wildman–Crippen MR) is 213 cm³/mol. The summed E-state index contributed by atoms with van der Waals surface area (Å²) in [6.45, 7) is 7.52. The molecule has 292 valence electrons. The third-order valence-corrected chi connectivity index (χ3v) is 17.1. The van der Waals surface area contributed by atoms with Gasteiger partial charge in [0, 0.05) is 43.1 Å². The molecule has 0 aromatic heterocycles. The summed E-state index contributed by atoms with van der Waals surface area (Å²) in [5.41, 5.74) is 2.38. The summed E-state index contributed by atoms with van der Waals surface area (Å²) >= 11 is 0. The van der Waals surface area contributed by atoms with Gasteiger partial charge in [0.2, 0.25) is 11.8 Å². The summed E-state index contributed by atoms with van der Waals surface area (Å²) in [6.07, 6.45) is 3.47. The van der Waals surface area contributed by atoms with Gasteiger partial charge in [-0.3, -0.25) is 24.1 Å². The molecular formula is C43H53N3O8Si. The standard InChI is InChI=1S/C43H53N3O8Si/c1-28-41(55(4,5)33-19-17-32(52-2)18-20-33)37(26-39(49)44-24-10-12-31(44)27-47)54-43(28)34-25-30(46-35-13-7-6-11-29(35)15-22-38(46)48)16-21-36(34)45(42(43)51)23-9-8-14-40(50)53-3/h6-7,11,13,16-21,25,28,31,37,41,47H,8-10,12,14-15,22-24,26-27H2,1-5H3/t28-,31+,37+,41-,43+/m1/s1. The molecule has 0 radical (unpaired) electrons. The first-order valence-electron chi connectivity index (χ1n) is 19.6. The van der Waals surface area contributed by atoms with Gasteiger partial charge >= 0.3 is 5.97 Å². The molecule has 12 heteroatoms. The lowest BCUT2D eigenvalue weighted by Gasteiger charge is -2.37. The van der Waals surface area contributed by atoms with Crippen LogP contribution in [-0.2, 0) is 40.7 Å². The monoisotopic (exact) mass is 767 g/mol. The molecule has 1 spiro atoms. The summed E-state index contributed by atoms with van der Waals surface area (Å²) in [6, 6.07) is 21.6. The number of ether oxygens (including phenoxy) is 3. The van der Waals surface area contributed by atoms with Gasteiger partial charge in [0.25, 0.3) is 5.91 Å². The first-order valence-corrected chi connectivity index (χ1v) is 22.7. The molecule has 55 heavy (non-hydrogen) atoms. The van der Waals surface area contributed by atoms with Crippen LogP contribution in [0.15, 0.2) is 66.7 Å². The van der Waals surface area contributed by atoms with Gasteiger partial charge in [-0.1, -0.05) is 55.5 Å². The summed E-state index contributed by atoms with van der Waals surface area (Å²) < 4.78 is 17.6. The van der Waals surface area contributed by atoms with Crippen molar-refractivity contribution in [3.05, 3.63) is 77.9 Å². The van der Waals surface area contributed by atoms with Crippen molar-refractivity contribution in [2.24, 2.45) is 5.92 Å². The highest BCUT2D eigenvalue weighted by atomic mass is 28.3. The maximum atomic E-state index is 15.3. The fourth-order valence-electron chi connectivity index (χ4n) is 9.86. The molecule has 3 aromatic carbocycles. The van der Waals surface area contributed by atoms with Crippen molar-refractivity contribution in [2.75, 3.05) is 43.7 Å². The number of fused-ring (bicyclic) bond motifs is 3. The number of para-hydroxylation sites is 1. The largest absolute Gasteiger partial charge is 0.497 e. The number of amides is 3. The molecule has 4 aliphatic rings. The van der Waals surface area contributed by atoms with Gasteiger partial charge in [0.05, 0.1) is 58.8 Å². The zero-order chi connectivity index (χ0) is 39.1. The van der Waals surface area contributed by atoms with Crippen molar-refractivity contribution in [1.29, 1.82) is 0 Å². The Morgan fingerprint density at radius 2 is 1.75 bits per heavy atom. The molecular weight excluding hydrogens is 715 g/mol. The van der Waals surface area contributed by atoms with E-state index in [1.54, 1.807) is 21.8 Å². The van der Waals surface area contributed by atoms with E-state index in [0.29, 0.717) is 55.7 Å². The average Bonchev–Trinajstić information content (AvgIpc) is 3.86. The van der Waals surface area contributed by atoms with Crippen LogP contribution >= 0.6 is 0 Å². The molecule has 0 unspecified atom stereocenters. The molecule has 0 bridgehead atoms. The number of unbranched alkanes of at least 4 members (excludes halogenated alkanes) is 1. The molecule has 5 atom stereocenters. The Hall–Kier alpha value is -4.52. The topological polar surface area (TPSA) is 126 Å². The molecule has 2 fully saturated rings. The van der Waals surface area contributed by atoms with Crippen molar-refractivity contribution in [3.63, 3.8) is 0 Å². The number of aliphatic hydroxyl groups is 1. The lowest BCUT2D eigenvalue weighted by Crippen LogP contribution is -2.52. The van der Waals surface area contributed by atoms with Gasteiger partial charge < -0.3 is 29.1 Å². The second-order valence-electron chi connectivity index (χ2n) is 16.0. The van der Waals surface area contributed by atoms with Gasteiger partial charge in [-0.25, -0.2) is 0 Å². The highest BCUT2D eigenvalue weighted by molar-refractivity contribution is 6.91.